The van der Waals surface area contributed by atoms with Crippen LogP contribution in [0.15, 0.2) is 0 Å². The summed E-state index contributed by atoms with van der Waals surface area (Å²) in [5.74, 6) is 2.51. The summed E-state index contributed by atoms with van der Waals surface area (Å²) < 4.78 is 0. The van der Waals surface area contributed by atoms with Crippen LogP contribution in [0.4, 0.5) is 0 Å². The van der Waals surface area contributed by atoms with Crippen molar-refractivity contribution in [1.82, 2.24) is 5.32 Å². The van der Waals surface area contributed by atoms with Gasteiger partial charge in [0.05, 0.1) is 0 Å². The van der Waals surface area contributed by atoms with Crippen LogP contribution in [-0.4, -0.2) is 24.1 Å². The molecule has 0 aromatic rings. The Morgan fingerprint density at radius 3 is 2.57 bits per heavy atom. The van der Waals surface area contributed by atoms with E-state index in [1.54, 1.807) is 0 Å². The minimum Gasteiger partial charge on any atom is -0.317 e. The number of rotatable bonds is 4. The average Bonchev–Trinajstić information content (AvgIpc) is 2.86. The first-order chi connectivity index (χ1) is 6.88. The zero-order chi connectivity index (χ0) is 9.80. The molecule has 2 aliphatic carbocycles. The number of hydrogen-bond donors (Lipinski definition) is 1. The predicted octanol–water partition coefficient (Wildman–Crippen LogP) is 3.05. The van der Waals surface area contributed by atoms with Crippen molar-refractivity contribution in [3.63, 3.8) is 0 Å². The Morgan fingerprint density at radius 2 is 1.93 bits per heavy atom. The highest BCUT2D eigenvalue weighted by Gasteiger charge is 2.25. The van der Waals surface area contributed by atoms with Gasteiger partial charge >= 0.3 is 0 Å². The van der Waals surface area contributed by atoms with Crippen LogP contribution in [0.3, 0.4) is 0 Å². The van der Waals surface area contributed by atoms with Crippen LogP contribution in [0.25, 0.3) is 0 Å². The van der Waals surface area contributed by atoms with Crippen LogP contribution in [-0.2, 0) is 0 Å². The maximum Gasteiger partial charge on any atom is 0.00750 e. The van der Waals surface area contributed by atoms with Crippen molar-refractivity contribution in [3.8, 4) is 0 Å². The fourth-order valence-electron chi connectivity index (χ4n) is 2.80. The molecule has 0 bridgehead atoms. The van der Waals surface area contributed by atoms with Gasteiger partial charge in [-0.05, 0) is 50.8 Å². The third-order valence-electron chi connectivity index (χ3n) is 3.84. The fourth-order valence-corrected chi connectivity index (χ4v) is 4.35. The van der Waals surface area contributed by atoms with E-state index in [-0.39, 0.29) is 0 Å². The molecule has 2 unspecified atom stereocenters. The Bertz CT molecular complexity index is 166. The summed E-state index contributed by atoms with van der Waals surface area (Å²) in [4.78, 5) is 0. The van der Waals surface area contributed by atoms with Crippen LogP contribution in [0.1, 0.15) is 44.9 Å². The molecule has 2 atom stereocenters. The molecule has 1 N–H and O–H groups in total. The Hall–Kier alpha value is 0.310. The molecule has 0 aromatic heterocycles. The maximum atomic E-state index is 3.41. The molecule has 2 saturated carbocycles. The Labute approximate surface area is 92.4 Å². The van der Waals surface area contributed by atoms with E-state index in [0.717, 1.165) is 17.2 Å². The molecule has 0 spiro atoms. The molecule has 2 heteroatoms. The quantitative estimate of drug-likeness (QED) is 0.770. The van der Waals surface area contributed by atoms with E-state index in [0.29, 0.717) is 0 Å². The topological polar surface area (TPSA) is 12.0 Å². The third kappa shape index (κ3) is 2.90. The van der Waals surface area contributed by atoms with Gasteiger partial charge in [-0.2, -0.15) is 11.8 Å². The van der Waals surface area contributed by atoms with Gasteiger partial charge in [0.1, 0.15) is 0 Å². The number of thioether (sulfide) groups is 1. The molecule has 0 aliphatic heterocycles. The van der Waals surface area contributed by atoms with Gasteiger partial charge in [0.2, 0.25) is 0 Å². The van der Waals surface area contributed by atoms with Crippen LogP contribution < -0.4 is 5.32 Å². The summed E-state index contributed by atoms with van der Waals surface area (Å²) in [5, 5.41) is 4.37. The first-order valence-corrected chi connectivity index (χ1v) is 7.22. The van der Waals surface area contributed by atoms with Gasteiger partial charge in [-0.3, -0.25) is 0 Å². The minimum atomic E-state index is 0.816. The summed E-state index contributed by atoms with van der Waals surface area (Å²) in [6, 6.07) is 0.816. The second-order valence-corrected chi connectivity index (χ2v) is 6.24. The second kappa shape index (κ2) is 5.41. The molecule has 0 heterocycles. The zero-order valence-corrected chi connectivity index (χ0v) is 10.1. The van der Waals surface area contributed by atoms with Crippen LogP contribution >= 0.6 is 11.8 Å². The molecule has 1 nitrogen and oxygen atoms in total. The van der Waals surface area contributed by atoms with Gasteiger partial charge in [0, 0.05) is 11.3 Å². The van der Waals surface area contributed by atoms with Gasteiger partial charge in [-0.15, -0.1) is 0 Å². The largest absolute Gasteiger partial charge is 0.317 e. The molecule has 14 heavy (non-hydrogen) atoms. The highest BCUT2D eigenvalue weighted by atomic mass is 32.2. The summed E-state index contributed by atoms with van der Waals surface area (Å²) in [5.41, 5.74) is 0. The molecule has 2 rings (SSSR count). The molecule has 2 fully saturated rings. The summed E-state index contributed by atoms with van der Waals surface area (Å²) >= 11 is 2.26. The SMILES string of the molecule is CNC1CCC(SCC2CCCC2)C1. The van der Waals surface area contributed by atoms with Crippen molar-refractivity contribution in [2.75, 3.05) is 12.8 Å². The van der Waals surface area contributed by atoms with E-state index in [9.17, 15) is 0 Å². The monoisotopic (exact) mass is 213 g/mol. The Kier molecular flexibility index (Phi) is 4.18. The molecular formula is C12H23NS. The average molecular weight is 213 g/mol. The lowest BCUT2D eigenvalue weighted by atomic mass is 10.1. The smallest absolute Gasteiger partial charge is 0.00750 e. The Balaban J connectivity index is 1.61. The molecule has 0 radical (unpaired) electrons. The van der Waals surface area contributed by atoms with E-state index in [4.69, 9.17) is 0 Å². The fraction of sp³-hybridized carbons (Fsp3) is 1.00. The van der Waals surface area contributed by atoms with Crippen LogP contribution in [0, 0.1) is 5.92 Å². The minimum absolute atomic E-state index is 0.816. The van der Waals surface area contributed by atoms with Crippen molar-refractivity contribution in [2.45, 2.75) is 56.2 Å². The Morgan fingerprint density at radius 1 is 1.14 bits per heavy atom. The number of hydrogen-bond acceptors (Lipinski definition) is 2. The zero-order valence-electron chi connectivity index (χ0n) is 9.30. The van der Waals surface area contributed by atoms with E-state index < -0.39 is 0 Å². The molecular weight excluding hydrogens is 190 g/mol. The normalized spacial score (nSPS) is 34.1. The van der Waals surface area contributed by atoms with Crippen LogP contribution in [0.5, 0.6) is 0 Å². The van der Waals surface area contributed by atoms with Crippen molar-refractivity contribution in [3.05, 3.63) is 0 Å². The lowest BCUT2D eigenvalue weighted by Crippen LogP contribution is -2.21. The van der Waals surface area contributed by atoms with E-state index in [1.807, 2.05) is 0 Å². The van der Waals surface area contributed by atoms with E-state index in [2.05, 4.69) is 24.1 Å². The van der Waals surface area contributed by atoms with Gasteiger partial charge in [-0.25, -0.2) is 0 Å². The van der Waals surface area contributed by atoms with Gasteiger partial charge < -0.3 is 5.32 Å². The third-order valence-corrected chi connectivity index (χ3v) is 5.40. The van der Waals surface area contributed by atoms with E-state index in [1.165, 1.54) is 50.7 Å². The predicted molar refractivity (Wildman–Crippen MR) is 64.9 cm³/mol. The van der Waals surface area contributed by atoms with Crippen LogP contribution in [0.2, 0.25) is 0 Å². The van der Waals surface area contributed by atoms with Gasteiger partial charge in [0.15, 0.2) is 0 Å². The molecule has 0 aromatic carbocycles. The lowest BCUT2D eigenvalue weighted by Gasteiger charge is -2.13. The molecule has 0 saturated heterocycles. The van der Waals surface area contributed by atoms with Crippen molar-refractivity contribution >= 4 is 11.8 Å². The summed E-state index contributed by atoms with van der Waals surface area (Å²) in [6.45, 7) is 0. The summed E-state index contributed by atoms with van der Waals surface area (Å²) in [7, 11) is 2.11. The highest BCUT2D eigenvalue weighted by Crippen LogP contribution is 2.34. The second-order valence-electron chi connectivity index (χ2n) is 4.90. The van der Waals surface area contributed by atoms with Crippen molar-refractivity contribution < 1.29 is 0 Å². The molecule has 82 valence electrons. The lowest BCUT2D eigenvalue weighted by molar-refractivity contribution is 0.582. The highest BCUT2D eigenvalue weighted by molar-refractivity contribution is 7.99. The first-order valence-electron chi connectivity index (χ1n) is 6.17. The first kappa shape index (κ1) is 10.8. The van der Waals surface area contributed by atoms with Gasteiger partial charge in [0.25, 0.3) is 0 Å². The number of nitrogens with one attached hydrogen (secondary N) is 1. The standard InChI is InChI=1S/C12H23NS/c1-13-11-6-7-12(8-11)14-9-10-4-2-3-5-10/h10-13H,2-9H2,1H3. The summed E-state index contributed by atoms with van der Waals surface area (Å²) in [6.07, 6.45) is 10.3. The van der Waals surface area contributed by atoms with E-state index >= 15 is 0 Å². The van der Waals surface area contributed by atoms with Gasteiger partial charge in [-0.1, -0.05) is 12.8 Å². The van der Waals surface area contributed by atoms with Crippen molar-refractivity contribution in [1.29, 1.82) is 0 Å². The maximum absolute atomic E-state index is 3.41. The molecule has 0 amide bonds. The molecule has 2 aliphatic rings. The van der Waals surface area contributed by atoms with Crippen molar-refractivity contribution in [2.24, 2.45) is 5.92 Å².